The highest BCUT2D eigenvalue weighted by Gasteiger charge is 2.38. The zero-order valence-corrected chi connectivity index (χ0v) is 14.3. The lowest BCUT2D eigenvalue weighted by atomic mass is 9.98. The van der Waals surface area contributed by atoms with Crippen LogP contribution in [0.25, 0.3) is 0 Å². The Labute approximate surface area is 149 Å². The fraction of sp³-hybridized carbons (Fsp3) is 0.211. The second-order valence-corrected chi connectivity index (χ2v) is 5.77. The van der Waals surface area contributed by atoms with E-state index < -0.39 is 23.7 Å². The van der Waals surface area contributed by atoms with Crippen LogP contribution >= 0.6 is 0 Å². The highest BCUT2D eigenvalue weighted by molar-refractivity contribution is 6.21. The standard InChI is InChI=1S/C19H17NO6/c1-25-15-8-7-11(9-16(15)26-2)14(19(23)24)10-20-17(21)12-5-3-4-6-13(12)18(20)22/h3-9,14H,10H2,1-2H3,(H,23,24)/t14-/m1/s1. The van der Waals surface area contributed by atoms with Crippen LogP contribution < -0.4 is 9.47 Å². The topological polar surface area (TPSA) is 93.1 Å². The minimum absolute atomic E-state index is 0.267. The van der Waals surface area contributed by atoms with Gasteiger partial charge < -0.3 is 14.6 Å². The number of imide groups is 1. The third-order valence-corrected chi connectivity index (χ3v) is 4.35. The third-order valence-electron chi connectivity index (χ3n) is 4.35. The van der Waals surface area contributed by atoms with Crippen molar-refractivity contribution in [3.8, 4) is 11.5 Å². The second kappa shape index (κ2) is 6.87. The molecule has 0 bridgehead atoms. The van der Waals surface area contributed by atoms with Gasteiger partial charge in [0.25, 0.3) is 11.8 Å². The molecule has 2 aromatic carbocycles. The Hall–Kier alpha value is -3.35. The number of ether oxygens (including phenoxy) is 2. The molecule has 0 radical (unpaired) electrons. The summed E-state index contributed by atoms with van der Waals surface area (Å²) < 4.78 is 10.4. The number of fused-ring (bicyclic) bond motifs is 1. The fourth-order valence-corrected chi connectivity index (χ4v) is 2.98. The Morgan fingerprint density at radius 1 is 1.00 bits per heavy atom. The Bertz CT molecular complexity index is 856. The predicted molar refractivity (Wildman–Crippen MR) is 91.7 cm³/mol. The van der Waals surface area contributed by atoms with E-state index in [9.17, 15) is 19.5 Å². The number of amides is 2. The zero-order valence-electron chi connectivity index (χ0n) is 14.3. The molecule has 26 heavy (non-hydrogen) atoms. The molecule has 7 heteroatoms. The largest absolute Gasteiger partial charge is 0.493 e. The molecule has 0 spiro atoms. The minimum Gasteiger partial charge on any atom is -0.493 e. The van der Waals surface area contributed by atoms with Gasteiger partial charge in [0.05, 0.1) is 31.3 Å². The number of methoxy groups -OCH3 is 2. The van der Waals surface area contributed by atoms with E-state index in [2.05, 4.69) is 0 Å². The smallest absolute Gasteiger partial charge is 0.312 e. The summed E-state index contributed by atoms with van der Waals surface area (Å²) in [4.78, 5) is 37.8. The van der Waals surface area contributed by atoms with Crippen molar-refractivity contribution < 1.29 is 29.0 Å². The Kier molecular flexibility index (Phi) is 4.62. The first-order chi connectivity index (χ1) is 12.5. The molecule has 0 aromatic heterocycles. The number of benzene rings is 2. The van der Waals surface area contributed by atoms with E-state index in [0.717, 1.165) is 4.90 Å². The molecule has 1 N–H and O–H groups in total. The van der Waals surface area contributed by atoms with Crippen molar-refractivity contribution in [3.63, 3.8) is 0 Å². The summed E-state index contributed by atoms with van der Waals surface area (Å²) in [5.74, 6) is -2.37. The quantitative estimate of drug-likeness (QED) is 0.798. The molecule has 1 atom stereocenters. The summed E-state index contributed by atoms with van der Waals surface area (Å²) >= 11 is 0. The molecule has 2 amide bonds. The predicted octanol–water partition coefficient (Wildman–Crippen LogP) is 2.17. The molecular formula is C19H17NO6. The molecule has 2 aromatic rings. The summed E-state index contributed by atoms with van der Waals surface area (Å²) in [6.07, 6.45) is 0. The van der Waals surface area contributed by atoms with Crippen molar-refractivity contribution in [3.05, 3.63) is 59.2 Å². The summed E-state index contributed by atoms with van der Waals surface area (Å²) in [5.41, 5.74) is 0.981. The molecule has 3 rings (SSSR count). The highest BCUT2D eigenvalue weighted by Crippen LogP contribution is 2.32. The molecule has 0 fully saturated rings. The van der Waals surface area contributed by atoms with Crippen LogP contribution in [0.2, 0.25) is 0 Å². The van der Waals surface area contributed by atoms with Gasteiger partial charge in [0.15, 0.2) is 11.5 Å². The van der Waals surface area contributed by atoms with Crippen LogP contribution in [-0.4, -0.2) is 48.6 Å². The lowest BCUT2D eigenvalue weighted by Crippen LogP contribution is -2.36. The van der Waals surface area contributed by atoms with Crippen LogP contribution in [0, 0.1) is 0 Å². The van der Waals surface area contributed by atoms with Crippen LogP contribution in [0.1, 0.15) is 32.2 Å². The number of hydrogen-bond donors (Lipinski definition) is 1. The van der Waals surface area contributed by atoms with Crippen molar-refractivity contribution in [1.29, 1.82) is 0 Å². The van der Waals surface area contributed by atoms with Gasteiger partial charge in [-0.2, -0.15) is 0 Å². The first kappa shape index (κ1) is 17.5. The molecular weight excluding hydrogens is 338 g/mol. The summed E-state index contributed by atoms with van der Waals surface area (Å²) in [6, 6.07) is 11.1. The summed E-state index contributed by atoms with van der Waals surface area (Å²) in [6.45, 7) is -0.267. The fourth-order valence-electron chi connectivity index (χ4n) is 2.98. The van der Waals surface area contributed by atoms with Crippen molar-refractivity contribution >= 4 is 17.8 Å². The monoisotopic (exact) mass is 355 g/mol. The van der Waals surface area contributed by atoms with Crippen molar-refractivity contribution in [1.82, 2.24) is 4.90 Å². The second-order valence-electron chi connectivity index (χ2n) is 5.77. The van der Waals surface area contributed by atoms with Crippen LogP contribution in [0.5, 0.6) is 11.5 Å². The zero-order chi connectivity index (χ0) is 18.8. The Morgan fingerprint density at radius 3 is 2.08 bits per heavy atom. The van der Waals surface area contributed by atoms with E-state index >= 15 is 0 Å². The van der Waals surface area contributed by atoms with Gasteiger partial charge in [-0.25, -0.2) is 0 Å². The van der Waals surface area contributed by atoms with Crippen LogP contribution in [-0.2, 0) is 4.79 Å². The molecule has 0 aliphatic carbocycles. The van der Waals surface area contributed by atoms with Gasteiger partial charge in [-0.3, -0.25) is 19.3 Å². The lowest BCUT2D eigenvalue weighted by molar-refractivity contribution is -0.138. The normalized spacial score (nSPS) is 14.2. The maximum atomic E-state index is 12.5. The first-order valence-electron chi connectivity index (χ1n) is 7.88. The number of rotatable bonds is 6. The molecule has 0 unspecified atom stereocenters. The minimum atomic E-state index is -1.14. The highest BCUT2D eigenvalue weighted by atomic mass is 16.5. The van der Waals surface area contributed by atoms with E-state index in [4.69, 9.17) is 9.47 Å². The number of carbonyl (C=O) groups excluding carboxylic acids is 2. The van der Waals surface area contributed by atoms with Gasteiger partial charge in [0.1, 0.15) is 0 Å². The maximum absolute atomic E-state index is 12.5. The van der Waals surface area contributed by atoms with E-state index in [1.807, 2.05) is 0 Å². The van der Waals surface area contributed by atoms with Gasteiger partial charge in [-0.1, -0.05) is 18.2 Å². The number of nitrogens with zero attached hydrogens (tertiary/aromatic N) is 1. The molecule has 0 saturated heterocycles. The van der Waals surface area contributed by atoms with Gasteiger partial charge in [-0.05, 0) is 29.8 Å². The summed E-state index contributed by atoms with van der Waals surface area (Å²) in [7, 11) is 2.92. The van der Waals surface area contributed by atoms with Crippen molar-refractivity contribution in [2.45, 2.75) is 5.92 Å². The van der Waals surface area contributed by atoms with Crippen LogP contribution in [0.15, 0.2) is 42.5 Å². The van der Waals surface area contributed by atoms with E-state index in [1.54, 1.807) is 36.4 Å². The third kappa shape index (κ3) is 2.88. The number of carbonyl (C=O) groups is 3. The average molecular weight is 355 g/mol. The molecule has 0 saturated carbocycles. The van der Waals surface area contributed by atoms with Gasteiger partial charge in [-0.15, -0.1) is 0 Å². The molecule has 1 aliphatic rings. The summed E-state index contributed by atoms with van der Waals surface area (Å²) in [5, 5.41) is 9.65. The van der Waals surface area contributed by atoms with Gasteiger partial charge >= 0.3 is 5.97 Å². The number of aliphatic carboxylic acids is 1. The van der Waals surface area contributed by atoms with E-state index in [0.29, 0.717) is 17.1 Å². The van der Waals surface area contributed by atoms with Crippen molar-refractivity contribution in [2.24, 2.45) is 0 Å². The van der Waals surface area contributed by atoms with Crippen molar-refractivity contribution in [2.75, 3.05) is 20.8 Å². The van der Waals surface area contributed by atoms with E-state index in [-0.39, 0.29) is 17.7 Å². The van der Waals surface area contributed by atoms with Gasteiger partial charge in [0.2, 0.25) is 0 Å². The SMILES string of the molecule is COc1ccc([C@@H](CN2C(=O)c3ccccc3C2=O)C(=O)O)cc1OC. The number of carboxylic acids is 1. The van der Waals surface area contributed by atoms with Crippen LogP contribution in [0.4, 0.5) is 0 Å². The molecule has 7 nitrogen and oxygen atoms in total. The Balaban J connectivity index is 1.93. The van der Waals surface area contributed by atoms with Gasteiger partial charge in [0, 0.05) is 6.54 Å². The maximum Gasteiger partial charge on any atom is 0.312 e. The first-order valence-corrected chi connectivity index (χ1v) is 7.88. The van der Waals surface area contributed by atoms with E-state index in [1.165, 1.54) is 20.3 Å². The molecule has 134 valence electrons. The molecule has 1 heterocycles. The van der Waals surface area contributed by atoms with Crippen LogP contribution in [0.3, 0.4) is 0 Å². The average Bonchev–Trinajstić information content (AvgIpc) is 2.90. The molecule has 1 aliphatic heterocycles. The number of carboxylic acid groups (broad SMARTS) is 1. The Morgan fingerprint density at radius 2 is 1.58 bits per heavy atom. The lowest BCUT2D eigenvalue weighted by Gasteiger charge is -2.20. The number of hydrogen-bond acceptors (Lipinski definition) is 5.